The zero-order valence-corrected chi connectivity index (χ0v) is 11.7. The molecule has 4 heteroatoms. The van der Waals surface area contributed by atoms with E-state index in [-0.39, 0.29) is 11.7 Å². The maximum Gasteiger partial charge on any atom is 0.165 e. The highest BCUT2D eigenvalue weighted by Gasteiger charge is 2.37. The van der Waals surface area contributed by atoms with E-state index in [4.69, 9.17) is 14.2 Å². The van der Waals surface area contributed by atoms with Crippen molar-refractivity contribution in [3.8, 4) is 0 Å². The van der Waals surface area contributed by atoms with Gasteiger partial charge in [0.15, 0.2) is 6.29 Å². The van der Waals surface area contributed by atoms with Gasteiger partial charge in [0.1, 0.15) is 6.73 Å². The molecule has 1 aliphatic rings. The van der Waals surface area contributed by atoms with Gasteiger partial charge in [-0.05, 0) is 6.42 Å². The Bertz CT molecular complexity index is 209. The largest absolute Gasteiger partial charge is 0.383 e. The predicted molar refractivity (Wildman–Crippen MR) is 67.8 cm³/mol. The second-order valence-electron chi connectivity index (χ2n) is 5.39. The average molecular weight is 245 g/mol. The minimum absolute atomic E-state index is 0.0414. The minimum atomic E-state index is -0.0761. The summed E-state index contributed by atoms with van der Waals surface area (Å²) >= 11 is 0. The van der Waals surface area contributed by atoms with Gasteiger partial charge < -0.3 is 14.2 Å². The predicted octanol–water partition coefficient (Wildman–Crippen LogP) is 2.09. The van der Waals surface area contributed by atoms with Gasteiger partial charge in [-0.2, -0.15) is 0 Å². The SMILES string of the molecule is CCCCOC1OCN(CCOC)CC1(C)C. The molecule has 0 aromatic carbocycles. The van der Waals surface area contributed by atoms with E-state index in [0.29, 0.717) is 6.73 Å². The first-order valence-corrected chi connectivity index (χ1v) is 6.54. The van der Waals surface area contributed by atoms with Crippen molar-refractivity contribution in [2.24, 2.45) is 5.41 Å². The van der Waals surface area contributed by atoms with Crippen molar-refractivity contribution in [2.45, 2.75) is 39.9 Å². The highest BCUT2D eigenvalue weighted by Crippen LogP contribution is 2.29. The Morgan fingerprint density at radius 2 is 2.12 bits per heavy atom. The lowest BCUT2D eigenvalue weighted by molar-refractivity contribution is -0.254. The summed E-state index contributed by atoms with van der Waals surface area (Å²) in [5.41, 5.74) is 0.0414. The fourth-order valence-electron chi connectivity index (χ4n) is 2.07. The van der Waals surface area contributed by atoms with E-state index in [0.717, 1.165) is 39.1 Å². The lowest BCUT2D eigenvalue weighted by atomic mass is 9.91. The topological polar surface area (TPSA) is 30.9 Å². The first-order chi connectivity index (χ1) is 8.10. The molecule has 1 unspecified atom stereocenters. The van der Waals surface area contributed by atoms with E-state index in [2.05, 4.69) is 25.7 Å². The maximum absolute atomic E-state index is 5.81. The van der Waals surface area contributed by atoms with Crippen LogP contribution in [-0.4, -0.2) is 51.3 Å². The zero-order valence-electron chi connectivity index (χ0n) is 11.7. The maximum atomic E-state index is 5.81. The number of ether oxygens (including phenoxy) is 3. The Morgan fingerprint density at radius 1 is 1.35 bits per heavy atom. The standard InChI is InChI=1S/C13H27NO3/c1-5-6-8-16-12-13(2,3)10-14(11-17-12)7-9-15-4/h12H,5-11H2,1-4H3. The lowest BCUT2D eigenvalue weighted by Crippen LogP contribution is -2.52. The Balaban J connectivity index is 2.34. The molecule has 0 aromatic rings. The van der Waals surface area contributed by atoms with Crippen LogP contribution in [0, 0.1) is 5.41 Å². The number of nitrogens with zero attached hydrogens (tertiary/aromatic N) is 1. The van der Waals surface area contributed by atoms with Crippen LogP contribution < -0.4 is 0 Å². The molecule has 1 heterocycles. The van der Waals surface area contributed by atoms with Crippen molar-refractivity contribution in [1.29, 1.82) is 0 Å². The third kappa shape index (κ3) is 4.92. The molecule has 0 N–H and O–H groups in total. The summed E-state index contributed by atoms with van der Waals surface area (Å²) in [6.07, 6.45) is 2.18. The first-order valence-electron chi connectivity index (χ1n) is 6.54. The molecule has 1 fully saturated rings. The first kappa shape index (κ1) is 14.9. The Labute approximate surface area is 105 Å². The van der Waals surface area contributed by atoms with E-state index in [1.807, 2.05) is 0 Å². The van der Waals surface area contributed by atoms with Crippen molar-refractivity contribution >= 4 is 0 Å². The van der Waals surface area contributed by atoms with Gasteiger partial charge in [-0.25, -0.2) is 0 Å². The summed E-state index contributed by atoms with van der Waals surface area (Å²) in [6.45, 7) is 10.7. The molecule has 0 amide bonds. The molecule has 0 spiro atoms. The van der Waals surface area contributed by atoms with E-state index in [9.17, 15) is 0 Å². The molecule has 0 bridgehead atoms. The molecule has 17 heavy (non-hydrogen) atoms. The second kappa shape index (κ2) is 7.31. The van der Waals surface area contributed by atoms with Crippen molar-refractivity contribution in [3.63, 3.8) is 0 Å². The molecule has 0 radical (unpaired) electrons. The fourth-order valence-corrected chi connectivity index (χ4v) is 2.07. The summed E-state index contributed by atoms with van der Waals surface area (Å²) in [5, 5.41) is 0. The highest BCUT2D eigenvalue weighted by atomic mass is 16.7. The minimum Gasteiger partial charge on any atom is -0.383 e. The van der Waals surface area contributed by atoms with Crippen LogP contribution in [0.2, 0.25) is 0 Å². The zero-order chi connectivity index (χ0) is 12.7. The molecule has 0 aromatic heterocycles. The van der Waals surface area contributed by atoms with Crippen LogP contribution in [0.5, 0.6) is 0 Å². The molecule has 1 atom stereocenters. The number of unbranched alkanes of at least 4 members (excludes halogenated alkanes) is 1. The summed E-state index contributed by atoms with van der Waals surface area (Å²) in [5.74, 6) is 0. The third-order valence-electron chi connectivity index (χ3n) is 3.06. The summed E-state index contributed by atoms with van der Waals surface area (Å²) < 4.78 is 16.7. The normalized spacial score (nSPS) is 25.1. The molecular weight excluding hydrogens is 218 g/mol. The number of rotatable bonds is 7. The molecule has 4 nitrogen and oxygen atoms in total. The van der Waals surface area contributed by atoms with Crippen molar-refractivity contribution in [2.75, 3.05) is 40.1 Å². The fraction of sp³-hybridized carbons (Fsp3) is 1.00. The van der Waals surface area contributed by atoms with Crippen LogP contribution in [0.15, 0.2) is 0 Å². The average Bonchev–Trinajstić information content (AvgIpc) is 2.28. The number of methoxy groups -OCH3 is 1. The molecule has 0 aliphatic carbocycles. The molecule has 1 aliphatic heterocycles. The van der Waals surface area contributed by atoms with Crippen LogP contribution in [0.25, 0.3) is 0 Å². The van der Waals surface area contributed by atoms with Crippen LogP contribution in [0.4, 0.5) is 0 Å². The van der Waals surface area contributed by atoms with E-state index < -0.39 is 0 Å². The van der Waals surface area contributed by atoms with Gasteiger partial charge in [-0.3, -0.25) is 4.90 Å². The summed E-state index contributed by atoms with van der Waals surface area (Å²) in [7, 11) is 1.73. The van der Waals surface area contributed by atoms with Gasteiger partial charge in [0.05, 0.1) is 6.61 Å². The number of hydrogen-bond acceptors (Lipinski definition) is 4. The molecule has 1 saturated heterocycles. The lowest BCUT2D eigenvalue weighted by Gasteiger charge is -2.43. The van der Waals surface area contributed by atoms with E-state index in [1.165, 1.54) is 0 Å². The molecule has 1 rings (SSSR count). The van der Waals surface area contributed by atoms with Gasteiger partial charge in [0, 0.05) is 32.2 Å². The van der Waals surface area contributed by atoms with Crippen LogP contribution in [0.1, 0.15) is 33.6 Å². The molecule has 0 saturated carbocycles. The van der Waals surface area contributed by atoms with Crippen molar-refractivity contribution in [3.05, 3.63) is 0 Å². The van der Waals surface area contributed by atoms with Crippen LogP contribution in [0.3, 0.4) is 0 Å². The number of hydrogen-bond donors (Lipinski definition) is 0. The molecular formula is C13H27NO3. The second-order valence-corrected chi connectivity index (χ2v) is 5.39. The van der Waals surface area contributed by atoms with Crippen LogP contribution in [-0.2, 0) is 14.2 Å². The van der Waals surface area contributed by atoms with Gasteiger partial charge in [0.25, 0.3) is 0 Å². The van der Waals surface area contributed by atoms with Gasteiger partial charge in [0.2, 0.25) is 0 Å². The molecule has 102 valence electrons. The quantitative estimate of drug-likeness (QED) is 0.643. The smallest absolute Gasteiger partial charge is 0.165 e. The van der Waals surface area contributed by atoms with Crippen LogP contribution >= 0.6 is 0 Å². The monoisotopic (exact) mass is 245 g/mol. The van der Waals surface area contributed by atoms with Crippen molar-refractivity contribution in [1.82, 2.24) is 4.90 Å². The van der Waals surface area contributed by atoms with E-state index in [1.54, 1.807) is 7.11 Å². The van der Waals surface area contributed by atoms with E-state index >= 15 is 0 Å². The Morgan fingerprint density at radius 3 is 2.71 bits per heavy atom. The van der Waals surface area contributed by atoms with Gasteiger partial charge in [-0.15, -0.1) is 0 Å². The highest BCUT2D eigenvalue weighted by molar-refractivity contribution is 4.80. The summed E-state index contributed by atoms with van der Waals surface area (Å²) in [6, 6.07) is 0. The van der Waals surface area contributed by atoms with Gasteiger partial charge in [-0.1, -0.05) is 27.2 Å². The summed E-state index contributed by atoms with van der Waals surface area (Å²) in [4.78, 5) is 2.27. The third-order valence-corrected chi connectivity index (χ3v) is 3.06. The van der Waals surface area contributed by atoms with Gasteiger partial charge >= 0.3 is 0 Å². The van der Waals surface area contributed by atoms with Crippen molar-refractivity contribution < 1.29 is 14.2 Å². The Hall–Kier alpha value is -0.160. The Kier molecular flexibility index (Phi) is 6.41.